The number of aromatic nitrogens is 2. The highest BCUT2D eigenvalue weighted by Gasteiger charge is 2.10. The Morgan fingerprint density at radius 1 is 1.22 bits per heavy atom. The number of rotatable bonds is 5. The predicted octanol–water partition coefficient (Wildman–Crippen LogP) is 4.24. The Hall–Kier alpha value is -2.14. The molecule has 2 aromatic carbocycles. The van der Waals surface area contributed by atoms with Gasteiger partial charge in [0.05, 0.1) is 18.1 Å². The van der Waals surface area contributed by atoms with E-state index in [2.05, 4.69) is 54.1 Å². The van der Waals surface area contributed by atoms with E-state index in [9.17, 15) is 0 Å². The smallest absolute Gasteiger partial charge is 0.166 e. The van der Waals surface area contributed by atoms with Crippen LogP contribution in [0.1, 0.15) is 11.1 Å². The summed E-state index contributed by atoms with van der Waals surface area (Å²) in [5, 5.41) is 0.932. The van der Waals surface area contributed by atoms with E-state index in [0.29, 0.717) is 0 Å². The van der Waals surface area contributed by atoms with E-state index >= 15 is 0 Å². The summed E-state index contributed by atoms with van der Waals surface area (Å²) in [6, 6.07) is 12.3. The Labute approximate surface area is 140 Å². The van der Waals surface area contributed by atoms with Crippen molar-refractivity contribution in [2.24, 2.45) is 0 Å². The maximum absolute atomic E-state index is 5.25. The molecule has 0 radical (unpaired) electrons. The van der Waals surface area contributed by atoms with E-state index in [1.807, 2.05) is 18.2 Å². The van der Waals surface area contributed by atoms with E-state index in [1.165, 1.54) is 16.8 Å². The fourth-order valence-corrected chi connectivity index (χ4v) is 3.59. The molecule has 0 aliphatic rings. The molecular weight excluding hydrogens is 306 g/mol. The molecule has 0 bridgehead atoms. The van der Waals surface area contributed by atoms with Gasteiger partial charge < -0.3 is 14.6 Å². The first-order valence-corrected chi connectivity index (χ1v) is 8.49. The second-order valence-corrected chi connectivity index (χ2v) is 6.64. The number of benzene rings is 2. The van der Waals surface area contributed by atoms with Crippen LogP contribution in [0.5, 0.6) is 5.75 Å². The van der Waals surface area contributed by atoms with Crippen LogP contribution in [0.4, 0.5) is 5.69 Å². The molecule has 1 N–H and O–H groups in total. The fourth-order valence-electron chi connectivity index (χ4n) is 2.59. The predicted molar refractivity (Wildman–Crippen MR) is 97.7 cm³/mol. The summed E-state index contributed by atoms with van der Waals surface area (Å²) in [4.78, 5) is 10.2. The normalized spacial score (nSPS) is 11.0. The average molecular weight is 327 g/mol. The number of ether oxygens (including phenoxy) is 1. The van der Waals surface area contributed by atoms with E-state index in [1.54, 1.807) is 18.9 Å². The molecule has 0 atom stereocenters. The number of aryl methyl sites for hydroxylation is 1. The Kier molecular flexibility index (Phi) is 4.48. The van der Waals surface area contributed by atoms with Gasteiger partial charge in [-0.05, 0) is 36.2 Å². The molecule has 0 aliphatic heterocycles. The zero-order chi connectivity index (χ0) is 16.4. The maximum atomic E-state index is 5.25. The van der Waals surface area contributed by atoms with Crippen LogP contribution in [0.15, 0.2) is 41.6 Å². The Bertz CT molecular complexity index is 826. The fraction of sp³-hybridized carbons (Fsp3) is 0.278. The van der Waals surface area contributed by atoms with E-state index < -0.39 is 0 Å². The number of nitrogens with one attached hydrogen (secondary N) is 1. The molecule has 0 saturated carbocycles. The van der Waals surface area contributed by atoms with Gasteiger partial charge in [0.1, 0.15) is 5.75 Å². The monoisotopic (exact) mass is 327 g/mol. The number of nitrogens with zero attached hydrogens (tertiary/aromatic N) is 2. The van der Waals surface area contributed by atoms with Gasteiger partial charge in [0.15, 0.2) is 5.16 Å². The zero-order valence-corrected chi connectivity index (χ0v) is 14.7. The minimum atomic E-state index is 0.828. The van der Waals surface area contributed by atoms with Gasteiger partial charge in [0.25, 0.3) is 0 Å². The third-order valence-electron chi connectivity index (χ3n) is 3.89. The number of fused-ring (bicyclic) bond motifs is 1. The van der Waals surface area contributed by atoms with Crippen LogP contribution in [-0.2, 0) is 5.75 Å². The van der Waals surface area contributed by atoms with Gasteiger partial charge in [-0.15, -0.1) is 0 Å². The summed E-state index contributed by atoms with van der Waals surface area (Å²) < 4.78 is 5.25. The number of methoxy groups -OCH3 is 1. The molecule has 5 heteroatoms. The number of hydrogen-bond acceptors (Lipinski definition) is 4. The van der Waals surface area contributed by atoms with Gasteiger partial charge in [-0.3, -0.25) is 0 Å². The van der Waals surface area contributed by atoms with Crippen LogP contribution >= 0.6 is 11.8 Å². The molecule has 3 rings (SSSR count). The molecule has 0 amide bonds. The summed E-state index contributed by atoms with van der Waals surface area (Å²) in [5.74, 6) is 1.71. The Morgan fingerprint density at radius 3 is 2.78 bits per heavy atom. The van der Waals surface area contributed by atoms with Crippen molar-refractivity contribution in [3.8, 4) is 5.75 Å². The SMILES string of the molecule is COc1ccc2[nH]c(SCc3c(C)cccc3N(C)C)nc2c1. The van der Waals surface area contributed by atoms with Gasteiger partial charge in [0, 0.05) is 31.6 Å². The van der Waals surface area contributed by atoms with Crippen molar-refractivity contribution in [1.29, 1.82) is 0 Å². The summed E-state index contributed by atoms with van der Waals surface area (Å²) in [7, 11) is 5.83. The molecule has 4 nitrogen and oxygen atoms in total. The van der Waals surface area contributed by atoms with Crippen molar-refractivity contribution in [2.75, 3.05) is 26.1 Å². The lowest BCUT2D eigenvalue weighted by molar-refractivity contribution is 0.415. The lowest BCUT2D eigenvalue weighted by Crippen LogP contribution is -2.11. The van der Waals surface area contributed by atoms with Gasteiger partial charge in [-0.1, -0.05) is 23.9 Å². The molecular formula is C18H21N3OS. The summed E-state index contributed by atoms with van der Waals surface area (Å²) in [6.45, 7) is 2.16. The van der Waals surface area contributed by atoms with E-state index in [-0.39, 0.29) is 0 Å². The Morgan fingerprint density at radius 2 is 2.04 bits per heavy atom. The lowest BCUT2D eigenvalue weighted by Gasteiger charge is -2.18. The quantitative estimate of drug-likeness (QED) is 0.712. The number of imidazole rings is 1. The second-order valence-electron chi connectivity index (χ2n) is 5.68. The first-order valence-electron chi connectivity index (χ1n) is 7.51. The first kappa shape index (κ1) is 15.7. The maximum Gasteiger partial charge on any atom is 0.166 e. The van der Waals surface area contributed by atoms with Gasteiger partial charge in [0.2, 0.25) is 0 Å². The van der Waals surface area contributed by atoms with Gasteiger partial charge >= 0.3 is 0 Å². The van der Waals surface area contributed by atoms with Crippen LogP contribution in [0.2, 0.25) is 0 Å². The highest BCUT2D eigenvalue weighted by molar-refractivity contribution is 7.98. The minimum absolute atomic E-state index is 0.828. The molecule has 0 fully saturated rings. The molecule has 120 valence electrons. The molecule has 0 unspecified atom stereocenters. The standard InChI is InChI=1S/C18H21N3OS/c1-12-6-5-7-17(21(2)3)14(12)11-23-18-19-15-9-8-13(22-4)10-16(15)20-18/h5-10H,11H2,1-4H3,(H,19,20). The van der Waals surface area contributed by atoms with Crippen molar-refractivity contribution >= 4 is 28.5 Å². The lowest BCUT2D eigenvalue weighted by atomic mass is 10.1. The number of aromatic amines is 1. The number of anilines is 1. The molecule has 0 spiro atoms. The van der Waals surface area contributed by atoms with Crippen LogP contribution < -0.4 is 9.64 Å². The van der Waals surface area contributed by atoms with Crippen LogP contribution in [-0.4, -0.2) is 31.2 Å². The molecule has 0 saturated heterocycles. The number of hydrogen-bond donors (Lipinski definition) is 1. The highest BCUT2D eigenvalue weighted by Crippen LogP contribution is 2.30. The third kappa shape index (κ3) is 3.29. The Balaban J connectivity index is 1.84. The van der Waals surface area contributed by atoms with Crippen molar-refractivity contribution in [2.45, 2.75) is 17.8 Å². The van der Waals surface area contributed by atoms with Crippen LogP contribution in [0.25, 0.3) is 11.0 Å². The van der Waals surface area contributed by atoms with Crippen molar-refractivity contribution < 1.29 is 4.74 Å². The summed E-state index contributed by atoms with van der Waals surface area (Å²) >= 11 is 1.72. The molecule has 1 aromatic heterocycles. The van der Waals surface area contributed by atoms with Gasteiger partial charge in [-0.2, -0.15) is 0 Å². The summed E-state index contributed by atoms with van der Waals surface area (Å²) in [6.07, 6.45) is 0. The van der Waals surface area contributed by atoms with Crippen molar-refractivity contribution in [1.82, 2.24) is 9.97 Å². The molecule has 0 aliphatic carbocycles. The minimum Gasteiger partial charge on any atom is -0.497 e. The zero-order valence-electron chi connectivity index (χ0n) is 13.9. The highest BCUT2D eigenvalue weighted by atomic mass is 32.2. The average Bonchev–Trinajstić information content (AvgIpc) is 2.95. The van der Waals surface area contributed by atoms with Crippen LogP contribution in [0.3, 0.4) is 0 Å². The summed E-state index contributed by atoms with van der Waals surface area (Å²) in [5.41, 5.74) is 5.88. The number of thioether (sulfide) groups is 1. The van der Waals surface area contributed by atoms with Crippen LogP contribution in [0, 0.1) is 6.92 Å². The largest absolute Gasteiger partial charge is 0.497 e. The van der Waals surface area contributed by atoms with Gasteiger partial charge in [-0.25, -0.2) is 4.98 Å². The number of H-pyrrole nitrogens is 1. The van der Waals surface area contributed by atoms with E-state index in [4.69, 9.17) is 4.74 Å². The van der Waals surface area contributed by atoms with Crippen molar-refractivity contribution in [3.05, 3.63) is 47.5 Å². The topological polar surface area (TPSA) is 41.1 Å². The first-order chi connectivity index (χ1) is 11.1. The third-order valence-corrected chi connectivity index (χ3v) is 4.79. The molecule has 1 heterocycles. The molecule has 3 aromatic rings. The molecule has 23 heavy (non-hydrogen) atoms. The van der Waals surface area contributed by atoms with Crippen molar-refractivity contribution in [3.63, 3.8) is 0 Å². The second kappa shape index (κ2) is 6.54. The van der Waals surface area contributed by atoms with E-state index in [0.717, 1.165) is 27.7 Å².